The van der Waals surface area contributed by atoms with Crippen molar-refractivity contribution < 1.29 is 4.79 Å². The zero-order chi connectivity index (χ0) is 11.5. The zero-order valence-electron chi connectivity index (χ0n) is 9.38. The Morgan fingerprint density at radius 3 is 2.93 bits per heavy atom. The topological polar surface area (TPSA) is 41.1 Å². The Hall–Kier alpha value is -1.43. The largest absolute Gasteiger partial charge is 0.338 e. The zero-order valence-corrected chi connectivity index (χ0v) is 9.38. The number of hydrogen-bond donors (Lipinski definition) is 2. The minimum absolute atomic E-state index is 0.124. The molecule has 0 aliphatic rings. The molecule has 0 unspecified atom stereocenters. The van der Waals surface area contributed by atoms with Gasteiger partial charge in [0.1, 0.15) is 0 Å². The highest BCUT2D eigenvalue weighted by Gasteiger charge is 2.07. The van der Waals surface area contributed by atoms with Crippen LogP contribution in [0.1, 0.15) is 32.6 Å². The minimum Gasteiger partial charge on any atom is -0.338 e. The van der Waals surface area contributed by atoms with Gasteiger partial charge in [0.15, 0.2) is 0 Å². The first-order chi connectivity index (χ1) is 7.24. The summed E-state index contributed by atoms with van der Waals surface area (Å²) in [5, 5.41) is 5.63. The maximum absolute atomic E-state index is 11.3. The van der Waals surface area contributed by atoms with E-state index in [4.69, 9.17) is 6.42 Å². The average Bonchev–Trinajstić information content (AvgIpc) is 2.24. The summed E-state index contributed by atoms with van der Waals surface area (Å²) in [7, 11) is 0. The van der Waals surface area contributed by atoms with Gasteiger partial charge in [-0.3, -0.25) is 0 Å². The van der Waals surface area contributed by atoms with Crippen molar-refractivity contribution in [2.45, 2.75) is 38.6 Å². The molecule has 0 radical (unpaired) electrons. The molecule has 1 atom stereocenters. The average molecular weight is 208 g/mol. The second kappa shape index (κ2) is 9.14. The van der Waals surface area contributed by atoms with E-state index in [2.05, 4.69) is 23.1 Å². The highest BCUT2D eigenvalue weighted by molar-refractivity contribution is 5.74. The standard InChI is InChI=1S/C12H20N2O/c1-4-7-8-10-13-12(15)14-11(6-3)9-5-2/h1,5,11H,2,6-10H2,3H3,(H2,13,14,15)/t11-/m0/s1. The molecule has 2 amide bonds. The lowest BCUT2D eigenvalue weighted by Gasteiger charge is -2.15. The molecule has 84 valence electrons. The molecule has 0 saturated heterocycles. The lowest BCUT2D eigenvalue weighted by molar-refractivity contribution is 0.236. The van der Waals surface area contributed by atoms with E-state index in [1.54, 1.807) is 0 Å². The number of nitrogens with one attached hydrogen (secondary N) is 2. The van der Waals surface area contributed by atoms with E-state index in [-0.39, 0.29) is 12.1 Å². The van der Waals surface area contributed by atoms with Gasteiger partial charge < -0.3 is 10.6 Å². The number of carbonyl (C=O) groups excluding carboxylic acids is 1. The maximum Gasteiger partial charge on any atom is 0.315 e. The summed E-state index contributed by atoms with van der Waals surface area (Å²) in [4.78, 5) is 11.3. The number of rotatable bonds is 7. The van der Waals surface area contributed by atoms with Crippen molar-refractivity contribution in [3.63, 3.8) is 0 Å². The van der Waals surface area contributed by atoms with E-state index in [0.29, 0.717) is 13.0 Å². The lowest BCUT2D eigenvalue weighted by Crippen LogP contribution is -2.41. The number of urea groups is 1. The van der Waals surface area contributed by atoms with Crippen LogP contribution in [0.5, 0.6) is 0 Å². The van der Waals surface area contributed by atoms with Crippen LogP contribution in [0.15, 0.2) is 12.7 Å². The molecule has 0 heterocycles. The molecule has 0 saturated carbocycles. The summed E-state index contributed by atoms with van der Waals surface area (Å²) < 4.78 is 0. The van der Waals surface area contributed by atoms with E-state index in [1.807, 2.05) is 13.0 Å². The molecule has 0 rings (SSSR count). The Morgan fingerprint density at radius 1 is 1.67 bits per heavy atom. The Labute approximate surface area is 92.3 Å². The van der Waals surface area contributed by atoms with Crippen molar-refractivity contribution in [3.05, 3.63) is 12.7 Å². The van der Waals surface area contributed by atoms with Crippen LogP contribution in [0.25, 0.3) is 0 Å². The van der Waals surface area contributed by atoms with E-state index in [1.165, 1.54) is 0 Å². The molecule has 3 heteroatoms. The molecule has 0 aromatic carbocycles. The van der Waals surface area contributed by atoms with Crippen LogP contribution in [0, 0.1) is 12.3 Å². The molecule has 15 heavy (non-hydrogen) atoms. The molecule has 0 bridgehead atoms. The maximum atomic E-state index is 11.3. The van der Waals surface area contributed by atoms with Crippen LogP contribution >= 0.6 is 0 Å². The van der Waals surface area contributed by atoms with Gasteiger partial charge in [-0.05, 0) is 19.3 Å². The molecular weight excluding hydrogens is 188 g/mol. The molecule has 0 aromatic heterocycles. The van der Waals surface area contributed by atoms with Crippen molar-refractivity contribution in [2.24, 2.45) is 0 Å². The van der Waals surface area contributed by atoms with E-state index >= 15 is 0 Å². The fraction of sp³-hybridized carbons (Fsp3) is 0.583. The smallest absolute Gasteiger partial charge is 0.315 e. The number of hydrogen-bond acceptors (Lipinski definition) is 1. The van der Waals surface area contributed by atoms with Gasteiger partial charge in [0.05, 0.1) is 0 Å². The predicted octanol–water partition coefficient (Wildman–Crippen LogP) is 2.05. The van der Waals surface area contributed by atoms with Crippen LogP contribution in [0.4, 0.5) is 4.79 Å². The summed E-state index contributed by atoms with van der Waals surface area (Å²) >= 11 is 0. The third-order valence-electron chi connectivity index (χ3n) is 2.06. The van der Waals surface area contributed by atoms with Crippen LogP contribution in [0.2, 0.25) is 0 Å². The monoisotopic (exact) mass is 208 g/mol. The number of unbranched alkanes of at least 4 members (excludes halogenated alkanes) is 1. The molecular formula is C12H20N2O. The molecule has 0 spiro atoms. The van der Waals surface area contributed by atoms with Gasteiger partial charge in [-0.2, -0.15) is 0 Å². The fourth-order valence-corrected chi connectivity index (χ4v) is 1.16. The van der Waals surface area contributed by atoms with Gasteiger partial charge in [0.2, 0.25) is 0 Å². The number of carbonyl (C=O) groups is 1. The SMILES string of the molecule is C#CCCCNC(=O)N[C@@H](CC)CC=C. The summed E-state index contributed by atoms with van der Waals surface area (Å²) in [5.41, 5.74) is 0. The van der Waals surface area contributed by atoms with Gasteiger partial charge in [0, 0.05) is 19.0 Å². The van der Waals surface area contributed by atoms with Gasteiger partial charge in [-0.1, -0.05) is 13.0 Å². The first-order valence-corrected chi connectivity index (χ1v) is 5.33. The molecule has 2 N–H and O–H groups in total. The summed E-state index contributed by atoms with van der Waals surface area (Å²) in [6.45, 7) is 6.31. The first-order valence-electron chi connectivity index (χ1n) is 5.33. The van der Waals surface area contributed by atoms with E-state index < -0.39 is 0 Å². The molecule has 0 aliphatic heterocycles. The van der Waals surface area contributed by atoms with Crippen molar-refractivity contribution in [1.82, 2.24) is 10.6 Å². The Morgan fingerprint density at radius 2 is 2.40 bits per heavy atom. The Kier molecular flexibility index (Phi) is 8.27. The Balaban J connectivity index is 3.62. The Bertz CT molecular complexity index is 230. The molecule has 0 aliphatic carbocycles. The van der Waals surface area contributed by atoms with Gasteiger partial charge >= 0.3 is 6.03 Å². The summed E-state index contributed by atoms with van der Waals surface area (Å²) in [6, 6.07) is 0.0517. The third-order valence-corrected chi connectivity index (χ3v) is 2.06. The minimum atomic E-state index is -0.124. The third kappa shape index (κ3) is 7.63. The van der Waals surface area contributed by atoms with Crippen molar-refractivity contribution in [3.8, 4) is 12.3 Å². The van der Waals surface area contributed by atoms with Gasteiger partial charge in [0.25, 0.3) is 0 Å². The molecule has 0 aromatic rings. The number of amides is 2. The van der Waals surface area contributed by atoms with E-state index in [9.17, 15) is 4.79 Å². The quantitative estimate of drug-likeness (QED) is 0.375. The van der Waals surface area contributed by atoms with Crippen LogP contribution in [0.3, 0.4) is 0 Å². The van der Waals surface area contributed by atoms with Crippen LogP contribution in [-0.4, -0.2) is 18.6 Å². The second-order valence-corrected chi connectivity index (χ2v) is 3.34. The highest BCUT2D eigenvalue weighted by Crippen LogP contribution is 1.97. The summed E-state index contributed by atoms with van der Waals surface area (Å²) in [6.07, 6.45) is 10.1. The van der Waals surface area contributed by atoms with Gasteiger partial charge in [-0.15, -0.1) is 18.9 Å². The molecule has 3 nitrogen and oxygen atoms in total. The van der Waals surface area contributed by atoms with Crippen molar-refractivity contribution in [1.29, 1.82) is 0 Å². The van der Waals surface area contributed by atoms with Crippen molar-refractivity contribution >= 4 is 6.03 Å². The predicted molar refractivity (Wildman–Crippen MR) is 63.5 cm³/mol. The van der Waals surface area contributed by atoms with Crippen LogP contribution < -0.4 is 10.6 Å². The summed E-state index contributed by atoms with van der Waals surface area (Å²) in [5.74, 6) is 2.53. The fourth-order valence-electron chi connectivity index (χ4n) is 1.16. The van der Waals surface area contributed by atoms with Gasteiger partial charge in [-0.25, -0.2) is 4.79 Å². The van der Waals surface area contributed by atoms with Crippen LogP contribution in [-0.2, 0) is 0 Å². The molecule has 0 fully saturated rings. The number of terminal acetylenes is 1. The normalized spacial score (nSPS) is 11.2. The second-order valence-electron chi connectivity index (χ2n) is 3.34. The lowest BCUT2D eigenvalue weighted by atomic mass is 10.1. The van der Waals surface area contributed by atoms with Crippen molar-refractivity contribution in [2.75, 3.05) is 6.54 Å². The highest BCUT2D eigenvalue weighted by atomic mass is 16.2. The van der Waals surface area contributed by atoms with E-state index in [0.717, 1.165) is 19.3 Å². The first kappa shape index (κ1) is 13.6.